The van der Waals surface area contributed by atoms with Crippen molar-refractivity contribution in [3.05, 3.63) is 58.6 Å². The second-order valence-corrected chi connectivity index (χ2v) is 7.78. The van der Waals surface area contributed by atoms with E-state index in [1.165, 1.54) is 4.90 Å². The lowest BCUT2D eigenvalue weighted by atomic mass is 10.0. The number of nitrogens with one attached hydrogen (secondary N) is 1. The third-order valence-electron chi connectivity index (χ3n) is 3.41. The Hall–Kier alpha value is -2.25. The minimum Gasteiger partial charge on any atom is -0.349 e. The normalized spacial score (nSPS) is 12.3. The lowest BCUT2D eigenvalue weighted by Gasteiger charge is -2.32. The molecule has 1 N–H and O–H groups in total. The molecular weight excluding hydrogens is 372 g/mol. The molecule has 0 radical (unpaired) electrons. The van der Waals surface area contributed by atoms with E-state index in [2.05, 4.69) is 21.5 Å². The van der Waals surface area contributed by atoms with Crippen LogP contribution >= 0.6 is 23.1 Å². The van der Waals surface area contributed by atoms with Gasteiger partial charge >= 0.3 is 0 Å². The monoisotopic (exact) mass is 392 g/mol. The Balaban J connectivity index is 2.47. The minimum atomic E-state index is -0.848. The van der Waals surface area contributed by atoms with E-state index in [1.54, 1.807) is 35.7 Å². The van der Waals surface area contributed by atoms with Crippen molar-refractivity contribution in [2.75, 3.05) is 6.54 Å². The van der Waals surface area contributed by atoms with Gasteiger partial charge in [-0.05, 0) is 50.0 Å². The smallest absolute Gasteiger partial charge is 0.276 e. The first kappa shape index (κ1) is 20.1. The van der Waals surface area contributed by atoms with E-state index in [4.69, 9.17) is 11.6 Å². The summed E-state index contributed by atoms with van der Waals surface area (Å²) >= 11 is 7.05. The number of amides is 2. The number of hydrogen-bond acceptors (Lipinski definition) is 5. The fraction of sp³-hybridized carbons (Fsp3) is 0.333. The van der Waals surface area contributed by atoms with Crippen molar-refractivity contribution in [1.29, 1.82) is 0 Å². The van der Waals surface area contributed by atoms with Gasteiger partial charge in [0.25, 0.3) is 5.91 Å². The molecule has 0 fully saturated rings. The zero-order chi connectivity index (χ0) is 19.3. The van der Waals surface area contributed by atoms with Crippen LogP contribution < -0.4 is 5.32 Å². The summed E-state index contributed by atoms with van der Waals surface area (Å²) in [4.78, 5) is 27.4. The Kier molecular flexibility index (Phi) is 6.50. The standard InChI is InChI=1S/C18H21ClN4O2S/c1-5-10-23(17(25)14-11-26-22-21-14)15(16(24)20-18(2,3)4)12-6-8-13(19)9-7-12/h5-9,11,15H,1,10H2,2-4H3,(H,20,24)/t15-/m1/s1. The molecular formula is C18H21ClN4O2S. The first-order chi connectivity index (χ1) is 12.2. The summed E-state index contributed by atoms with van der Waals surface area (Å²) < 4.78 is 3.73. The molecule has 1 aromatic carbocycles. The van der Waals surface area contributed by atoms with Crippen molar-refractivity contribution in [1.82, 2.24) is 19.8 Å². The maximum Gasteiger partial charge on any atom is 0.276 e. The molecule has 0 saturated heterocycles. The average molecular weight is 393 g/mol. The molecule has 0 bridgehead atoms. The number of carbonyl (C=O) groups is 2. The fourth-order valence-electron chi connectivity index (χ4n) is 2.41. The number of hydrogen-bond donors (Lipinski definition) is 1. The van der Waals surface area contributed by atoms with Crippen LogP contribution in [0.3, 0.4) is 0 Å². The molecule has 2 rings (SSSR count). The van der Waals surface area contributed by atoms with Gasteiger partial charge in [-0.1, -0.05) is 34.3 Å². The number of halogens is 1. The Labute approximate surface area is 162 Å². The van der Waals surface area contributed by atoms with Gasteiger partial charge in [0.1, 0.15) is 6.04 Å². The first-order valence-corrected chi connectivity index (χ1v) is 9.21. The molecule has 1 aromatic heterocycles. The summed E-state index contributed by atoms with van der Waals surface area (Å²) in [5.41, 5.74) is 0.390. The Morgan fingerprint density at radius 2 is 2.00 bits per heavy atom. The van der Waals surface area contributed by atoms with E-state index in [0.717, 1.165) is 11.5 Å². The Morgan fingerprint density at radius 3 is 2.50 bits per heavy atom. The molecule has 1 atom stereocenters. The van der Waals surface area contributed by atoms with Crippen molar-refractivity contribution < 1.29 is 9.59 Å². The van der Waals surface area contributed by atoms with E-state index in [0.29, 0.717) is 10.6 Å². The maximum absolute atomic E-state index is 13.0. The molecule has 138 valence electrons. The molecule has 2 amide bonds. The van der Waals surface area contributed by atoms with E-state index < -0.39 is 11.6 Å². The lowest BCUT2D eigenvalue weighted by Crippen LogP contribution is -2.49. The molecule has 2 aromatic rings. The van der Waals surface area contributed by atoms with Crippen molar-refractivity contribution in [2.24, 2.45) is 0 Å². The van der Waals surface area contributed by atoms with Gasteiger partial charge < -0.3 is 10.2 Å². The molecule has 0 spiro atoms. The number of carbonyl (C=O) groups excluding carboxylic acids is 2. The van der Waals surface area contributed by atoms with Gasteiger partial charge in [0.15, 0.2) is 5.69 Å². The molecule has 26 heavy (non-hydrogen) atoms. The molecule has 6 nitrogen and oxygen atoms in total. The third kappa shape index (κ3) is 5.12. The summed E-state index contributed by atoms with van der Waals surface area (Å²) in [5, 5.41) is 8.88. The SMILES string of the molecule is C=CCN(C(=O)c1csnn1)[C@@H](C(=O)NC(C)(C)C)c1ccc(Cl)cc1. The zero-order valence-electron chi connectivity index (χ0n) is 14.9. The van der Waals surface area contributed by atoms with Gasteiger partial charge in [0, 0.05) is 22.5 Å². The van der Waals surface area contributed by atoms with Crippen LogP contribution in [0.25, 0.3) is 0 Å². The summed E-state index contributed by atoms with van der Waals surface area (Å²) in [6.45, 7) is 9.54. The van der Waals surface area contributed by atoms with E-state index in [9.17, 15) is 9.59 Å². The van der Waals surface area contributed by atoms with Crippen LogP contribution in [-0.2, 0) is 4.79 Å². The van der Waals surface area contributed by atoms with E-state index in [-0.39, 0.29) is 24.1 Å². The molecule has 8 heteroatoms. The number of rotatable bonds is 6. The summed E-state index contributed by atoms with van der Waals surface area (Å²) in [6, 6.07) is 6.00. The second-order valence-electron chi connectivity index (χ2n) is 6.73. The van der Waals surface area contributed by atoms with E-state index >= 15 is 0 Å². The van der Waals surface area contributed by atoms with Crippen molar-refractivity contribution in [3.63, 3.8) is 0 Å². The highest BCUT2D eigenvalue weighted by Crippen LogP contribution is 2.25. The van der Waals surface area contributed by atoms with E-state index in [1.807, 2.05) is 20.8 Å². The summed E-state index contributed by atoms with van der Waals surface area (Å²) in [6.07, 6.45) is 1.57. The molecule has 0 aliphatic carbocycles. The molecule has 0 unspecified atom stereocenters. The summed E-state index contributed by atoms with van der Waals surface area (Å²) in [5.74, 6) is -0.680. The largest absolute Gasteiger partial charge is 0.349 e. The van der Waals surface area contributed by atoms with Crippen molar-refractivity contribution in [3.8, 4) is 0 Å². The van der Waals surface area contributed by atoms with Crippen LogP contribution in [0.2, 0.25) is 5.02 Å². The third-order valence-corrected chi connectivity index (χ3v) is 4.17. The molecule has 1 heterocycles. The van der Waals surface area contributed by atoms with Crippen LogP contribution in [0, 0.1) is 0 Å². The number of aromatic nitrogens is 2. The minimum absolute atomic E-state index is 0.182. The molecule has 0 aliphatic rings. The lowest BCUT2D eigenvalue weighted by molar-refractivity contribution is -0.127. The highest BCUT2D eigenvalue weighted by Gasteiger charge is 2.33. The van der Waals surface area contributed by atoms with Crippen LogP contribution in [-0.4, -0.2) is 38.4 Å². The number of benzene rings is 1. The predicted molar refractivity (Wildman–Crippen MR) is 103 cm³/mol. The van der Waals surface area contributed by atoms with Crippen molar-refractivity contribution >= 4 is 34.9 Å². The average Bonchev–Trinajstić information content (AvgIpc) is 3.08. The highest BCUT2D eigenvalue weighted by atomic mass is 35.5. The van der Waals surface area contributed by atoms with Gasteiger partial charge in [-0.2, -0.15) is 0 Å². The van der Waals surface area contributed by atoms with Gasteiger partial charge in [0.05, 0.1) is 0 Å². The predicted octanol–water partition coefficient (Wildman–Crippen LogP) is 3.48. The van der Waals surface area contributed by atoms with Crippen LogP contribution in [0.1, 0.15) is 42.9 Å². The Morgan fingerprint density at radius 1 is 1.35 bits per heavy atom. The topological polar surface area (TPSA) is 75.2 Å². The molecule has 0 aliphatic heterocycles. The number of nitrogens with zero attached hydrogens (tertiary/aromatic N) is 3. The van der Waals surface area contributed by atoms with Gasteiger partial charge in [-0.3, -0.25) is 9.59 Å². The zero-order valence-corrected chi connectivity index (χ0v) is 16.5. The molecule has 0 saturated carbocycles. The summed E-state index contributed by atoms with van der Waals surface area (Å²) in [7, 11) is 0. The first-order valence-electron chi connectivity index (χ1n) is 7.99. The van der Waals surface area contributed by atoms with Crippen LogP contribution in [0.4, 0.5) is 0 Å². The van der Waals surface area contributed by atoms with Crippen LogP contribution in [0.5, 0.6) is 0 Å². The second kappa shape index (κ2) is 8.42. The maximum atomic E-state index is 13.0. The van der Waals surface area contributed by atoms with Gasteiger partial charge in [-0.25, -0.2) is 0 Å². The Bertz CT molecular complexity index is 769. The highest BCUT2D eigenvalue weighted by molar-refractivity contribution is 7.03. The van der Waals surface area contributed by atoms with Gasteiger partial charge in [-0.15, -0.1) is 11.7 Å². The van der Waals surface area contributed by atoms with Crippen molar-refractivity contribution in [2.45, 2.75) is 32.4 Å². The fourth-order valence-corrected chi connectivity index (χ4v) is 2.96. The quantitative estimate of drug-likeness (QED) is 0.763. The van der Waals surface area contributed by atoms with Gasteiger partial charge in [0.2, 0.25) is 5.91 Å². The van der Waals surface area contributed by atoms with Crippen LogP contribution in [0.15, 0.2) is 42.3 Å².